The van der Waals surface area contributed by atoms with Gasteiger partial charge in [0.15, 0.2) is 0 Å². The second kappa shape index (κ2) is 5.41. The van der Waals surface area contributed by atoms with E-state index in [-0.39, 0.29) is 0 Å². The molecule has 0 atom stereocenters. The minimum atomic E-state index is 0.810. The van der Waals surface area contributed by atoms with E-state index in [2.05, 4.69) is 54.1 Å². The minimum absolute atomic E-state index is 0.810. The van der Waals surface area contributed by atoms with Crippen LogP contribution in [0.15, 0.2) is 54.7 Å². The first-order chi connectivity index (χ1) is 9.78. The SMILES string of the molecule is CCCCc1ccc(-n2ccc3cc(N)ccc32)cc1. The van der Waals surface area contributed by atoms with Crippen LogP contribution in [0.1, 0.15) is 25.3 Å². The molecule has 0 spiro atoms. The molecule has 102 valence electrons. The Morgan fingerprint density at radius 2 is 1.80 bits per heavy atom. The van der Waals surface area contributed by atoms with Gasteiger partial charge in [-0.05, 0) is 54.8 Å². The predicted octanol–water partition coefficient (Wildman–Crippen LogP) is 4.56. The molecule has 0 saturated heterocycles. The van der Waals surface area contributed by atoms with Crippen molar-refractivity contribution in [3.05, 3.63) is 60.3 Å². The summed E-state index contributed by atoms with van der Waals surface area (Å²) in [5.41, 5.74) is 10.4. The minimum Gasteiger partial charge on any atom is -0.399 e. The number of hydrogen-bond donors (Lipinski definition) is 1. The highest BCUT2D eigenvalue weighted by Gasteiger charge is 2.03. The summed E-state index contributed by atoms with van der Waals surface area (Å²) in [6.45, 7) is 2.23. The van der Waals surface area contributed by atoms with Crippen LogP contribution in [0.2, 0.25) is 0 Å². The predicted molar refractivity (Wildman–Crippen MR) is 86.3 cm³/mol. The molecule has 20 heavy (non-hydrogen) atoms. The van der Waals surface area contributed by atoms with Gasteiger partial charge in [0.2, 0.25) is 0 Å². The number of nitrogens with two attached hydrogens (primary N) is 1. The third-order valence-corrected chi connectivity index (χ3v) is 3.75. The van der Waals surface area contributed by atoms with Crippen molar-refractivity contribution in [3.63, 3.8) is 0 Å². The summed E-state index contributed by atoms with van der Waals surface area (Å²) in [6, 6.07) is 17.0. The van der Waals surface area contributed by atoms with Crippen molar-refractivity contribution < 1.29 is 0 Å². The third-order valence-electron chi connectivity index (χ3n) is 3.75. The molecule has 2 N–H and O–H groups in total. The van der Waals surface area contributed by atoms with Gasteiger partial charge in [0.25, 0.3) is 0 Å². The van der Waals surface area contributed by atoms with Crippen molar-refractivity contribution >= 4 is 16.6 Å². The Balaban J connectivity index is 1.94. The second-order valence-corrected chi connectivity index (χ2v) is 5.27. The number of rotatable bonds is 4. The number of hydrogen-bond acceptors (Lipinski definition) is 1. The lowest BCUT2D eigenvalue weighted by atomic mass is 10.1. The van der Waals surface area contributed by atoms with E-state index in [0.717, 1.165) is 5.69 Å². The van der Waals surface area contributed by atoms with Crippen LogP contribution in [-0.2, 0) is 6.42 Å². The Labute approximate surface area is 119 Å². The molecule has 0 unspecified atom stereocenters. The molecule has 0 fully saturated rings. The van der Waals surface area contributed by atoms with Crippen LogP contribution in [0.5, 0.6) is 0 Å². The molecule has 0 radical (unpaired) electrons. The first-order valence-corrected chi connectivity index (χ1v) is 7.24. The maximum absolute atomic E-state index is 5.83. The Morgan fingerprint density at radius 3 is 2.55 bits per heavy atom. The van der Waals surface area contributed by atoms with Crippen LogP contribution >= 0.6 is 0 Å². The van der Waals surface area contributed by atoms with Gasteiger partial charge in [-0.15, -0.1) is 0 Å². The number of anilines is 1. The number of fused-ring (bicyclic) bond motifs is 1. The van der Waals surface area contributed by atoms with Crippen molar-refractivity contribution in [2.75, 3.05) is 5.73 Å². The lowest BCUT2D eigenvalue weighted by Crippen LogP contribution is -1.93. The van der Waals surface area contributed by atoms with Gasteiger partial charge in [0.05, 0.1) is 5.52 Å². The quantitative estimate of drug-likeness (QED) is 0.688. The van der Waals surface area contributed by atoms with E-state index in [4.69, 9.17) is 5.73 Å². The molecule has 3 aromatic rings. The molecule has 1 aromatic heterocycles. The molecule has 0 aliphatic heterocycles. The highest BCUT2D eigenvalue weighted by molar-refractivity contribution is 5.84. The highest BCUT2D eigenvalue weighted by Crippen LogP contribution is 2.23. The zero-order chi connectivity index (χ0) is 13.9. The van der Waals surface area contributed by atoms with Gasteiger partial charge in [-0.25, -0.2) is 0 Å². The number of nitrogen functional groups attached to an aromatic ring is 1. The Hall–Kier alpha value is -2.22. The fourth-order valence-electron chi connectivity index (χ4n) is 2.59. The van der Waals surface area contributed by atoms with E-state index < -0.39 is 0 Å². The number of aryl methyl sites for hydroxylation is 1. The summed E-state index contributed by atoms with van der Waals surface area (Å²) >= 11 is 0. The average molecular weight is 264 g/mol. The molecule has 1 heterocycles. The van der Waals surface area contributed by atoms with E-state index in [1.807, 2.05) is 12.1 Å². The van der Waals surface area contributed by atoms with Crippen molar-refractivity contribution in [2.24, 2.45) is 0 Å². The fourth-order valence-corrected chi connectivity index (χ4v) is 2.59. The average Bonchev–Trinajstić information content (AvgIpc) is 2.88. The number of aromatic nitrogens is 1. The molecule has 0 saturated carbocycles. The van der Waals surface area contributed by atoms with Gasteiger partial charge < -0.3 is 10.3 Å². The summed E-state index contributed by atoms with van der Waals surface area (Å²) in [4.78, 5) is 0. The molecule has 0 aliphatic rings. The lowest BCUT2D eigenvalue weighted by molar-refractivity contribution is 0.795. The first kappa shape index (κ1) is 12.8. The third kappa shape index (κ3) is 2.42. The summed E-state index contributed by atoms with van der Waals surface area (Å²) in [6.07, 6.45) is 5.77. The van der Waals surface area contributed by atoms with Gasteiger partial charge >= 0.3 is 0 Å². The van der Waals surface area contributed by atoms with E-state index in [1.54, 1.807) is 0 Å². The lowest BCUT2D eigenvalue weighted by Gasteiger charge is -2.07. The summed E-state index contributed by atoms with van der Waals surface area (Å²) in [5, 5.41) is 1.18. The molecule has 0 aliphatic carbocycles. The van der Waals surface area contributed by atoms with Crippen molar-refractivity contribution in [2.45, 2.75) is 26.2 Å². The molecule has 0 amide bonds. The van der Waals surface area contributed by atoms with E-state index >= 15 is 0 Å². The zero-order valence-corrected chi connectivity index (χ0v) is 11.8. The molecular weight excluding hydrogens is 244 g/mol. The van der Waals surface area contributed by atoms with Crippen molar-refractivity contribution in [1.29, 1.82) is 0 Å². The van der Waals surface area contributed by atoms with Gasteiger partial charge in [0, 0.05) is 23.0 Å². The topological polar surface area (TPSA) is 30.9 Å². The fraction of sp³-hybridized carbons (Fsp3) is 0.222. The van der Waals surface area contributed by atoms with Crippen LogP contribution in [-0.4, -0.2) is 4.57 Å². The van der Waals surface area contributed by atoms with Crippen LogP contribution in [0.3, 0.4) is 0 Å². The monoisotopic (exact) mass is 264 g/mol. The zero-order valence-electron chi connectivity index (χ0n) is 11.8. The number of benzene rings is 2. The van der Waals surface area contributed by atoms with Crippen LogP contribution in [0.25, 0.3) is 16.6 Å². The smallest absolute Gasteiger partial charge is 0.0529 e. The first-order valence-electron chi connectivity index (χ1n) is 7.24. The second-order valence-electron chi connectivity index (χ2n) is 5.27. The maximum Gasteiger partial charge on any atom is 0.0529 e. The molecule has 2 nitrogen and oxygen atoms in total. The molecule has 3 rings (SSSR count). The van der Waals surface area contributed by atoms with Gasteiger partial charge in [-0.2, -0.15) is 0 Å². The Morgan fingerprint density at radius 1 is 1.00 bits per heavy atom. The molecule has 2 heteroatoms. The van der Waals surface area contributed by atoms with Crippen molar-refractivity contribution in [1.82, 2.24) is 4.57 Å². The largest absolute Gasteiger partial charge is 0.399 e. The summed E-state index contributed by atoms with van der Waals surface area (Å²) in [7, 11) is 0. The van der Waals surface area contributed by atoms with Crippen LogP contribution < -0.4 is 5.73 Å². The van der Waals surface area contributed by atoms with E-state index in [9.17, 15) is 0 Å². The number of nitrogens with zero attached hydrogens (tertiary/aromatic N) is 1. The standard InChI is InChI=1S/C18H20N2/c1-2-3-4-14-5-8-17(9-6-14)20-12-11-15-13-16(19)7-10-18(15)20/h5-13H,2-4,19H2,1H3. The maximum atomic E-state index is 5.83. The summed E-state index contributed by atoms with van der Waals surface area (Å²) in [5.74, 6) is 0. The van der Waals surface area contributed by atoms with Gasteiger partial charge in [0.1, 0.15) is 0 Å². The van der Waals surface area contributed by atoms with Crippen molar-refractivity contribution in [3.8, 4) is 5.69 Å². The molecule has 0 bridgehead atoms. The number of unbranched alkanes of at least 4 members (excludes halogenated alkanes) is 1. The highest BCUT2D eigenvalue weighted by atomic mass is 15.0. The van der Waals surface area contributed by atoms with Gasteiger partial charge in [-0.3, -0.25) is 0 Å². The molecular formula is C18H20N2. The van der Waals surface area contributed by atoms with E-state index in [1.165, 1.54) is 41.4 Å². The van der Waals surface area contributed by atoms with E-state index in [0.29, 0.717) is 0 Å². The summed E-state index contributed by atoms with van der Waals surface area (Å²) < 4.78 is 2.21. The van der Waals surface area contributed by atoms with Crippen LogP contribution in [0.4, 0.5) is 5.69 Å². The Bertz CT molecular complexity index is 708. The van der Waals surface area contributed by atoms with Crippen LogP contribution in [0, 0.1) is 0 Å². The molecule has 2 aromatic carbocycles. The van der Waals surface area contributed by atoms with Gasteiger partial charge in [-0.1, -0.05) is 25.5 Å². The normalized spacial score (nSPS) is 11.1. The Kier molecular flexibility index (Phi) is 3.46.